The second-order valence-electron chi connectivity index (χ2n) is 7.86. The Hall–Kier alpha value is -2.27. The Kier molecular flexibility index (Phi) is 6.42. The van der Waals surface area contributed by atoms with E-state index >= 15 is 0 Å². The number of rotatable bonds is 8. The Balaban J connectivity index is 1.26. The maximum Gasteiger partial charge on any atom is 0.226 e. The molecule has 0 spiro atoms. The van der Waals surface area contributed by atoms with Crippen LogP contribution in [0.2, 0.25) is 0 Å². The van der Waals surface area contributed by atoms with E-state index in [1.54, 1.807) is 30.8 Å². The summed E-state index contributed by atoms with van der Waals surface area (Å²) >= 11 is 1.58. The molecule has 3 aromatic rings. The number of sulfone groups is 1. The molecule has 11 heteroatoms. The molecule has 0 amide bonds. The predicted molar refractivity (Wildman–Crippen MR) is 115 cm³/mol. The predicted octanol–water partition coefficient (Wildman–Crippen LogP) is 3.01. The van der Waals surface area contributed by atoms with Crippen molar-refractivity contribution in [2.24, 2.45) is 13.0 Å². The van der Waals surface area contributed by atoms with Crippen LogP contribution in [0, 0.1) is 18.7 Å². The van der Waals surface area contributed by atoms with Crippen LogP contribution in [0.4, 0.5) is 4.39 Å². The Morgan fingerprint density at radius 2 is 2.16 bits per heavy atom. The van der Waals surface area contributed by atoms with Gasteiger partial charge in [0.15, 0.2) is 15.0 Å². The quantitative estimate of drug-likeness (QED) is 0.369. The summed E-state index contributed by atoms with van der Waals surface area (Å²) in [4.78, 5) is 4.35. The number of nitrogens with zero attached hydrogens (tertiary/aromatic N) is 5. The maximum absolute atomic E-state index is 13.7. The molecule has 166 valence electrons. The number of benzene rings is 1. The van der Waals surface area contributed by atoms with Crippen LogP contribution in [-0.2, 0) is 29.7 Å². The number of aromatic nitrogens is 5. The average molecular weight is 466 g/mol. The molecule has 8 nitrogen and oxygen atoms in total. The van der Waals surface area contributed by atoms with Gasteiger partial charge in [-0.3, -0.25) is 0 Å². The highest BCUT2D eigenvalue weighted by molar-refractivity contribution is 7.99. The highest BCUT2D eigenvalue weighted by Crippen LogP contribution is 2.24. The number of thioether (sulfide) groups is 1. The molecule has 1 saturated heterocycles. The van der Waals surface area contributed by atoms with E-state index in [4.69, 9.17) is 4.52 Å². The lowest BCUT2D eigenvalue weighted by atomic mass is 10.1. The molecule has 2 aromatic heterocycles. The van der Waals surface area contributed by atoms with Gasteiger partial charge in [-0.15, -0.1) is 10.2 Å². The molecule has 4 rings (SSSR count). The minimum atomic E-state index is -2.89. The third kappa shape index (κ3) is 5.32. The van der Waals surface area contributed by atoms with Crippen LogP contribution >= 0.6 is 11.8 Å². The van der Waals surface area contributed by atoms with Crippen molar-refractivity contribution >= 4 is 21.6 Å². The van der Waals surface area contributed by atoms with Crippen LogP contribution in [0.5, 0.6) is 0 Å². The summed E-state index contributed by atoms with van der Waals surface area (Å²) in [6, 6.07) is 4.88. The van der Waals surface area contributed by atoms with E-state index in [1.807, 2.05) is 11.6 Å². The summed E-state index contributed by atoms with van der Waals surface area (Å²) in [5.41, 5.74) is 1.17. The summed E-state index contributed by atoms with van der Waals surface area (Å²) in [7, 11) is -0.978. The molecule has 1 atom stereocenters. The Bertz CT molecular complexity index is 1180. The van der Waals surface area contributed by atoms with Gasteiger partial charge in [-0.2, -0.15) is 4.98 Å². The molecule has 31 heavy (non-hydrogen) atoms. The van der Waals surface area contributed by atoms with Gasteiger partial charge >= 0.3 is 0 Å². The molecular weight excluding hydrogens is 441 g/mol. The first kappa shape index (κ1) is 21.9. The van der Waals surface area contributed by atoms with Crippen molar-refractivity contribution in [2.45, 2.75) is 37.8 Å². The van der Waals surface area contributed by atoms with Crippen molar-refractivity contribution in [3.8, 4) is 11.4 Å². The van der Waals surface area contributed by atoms with Crippen molar-refractivity contribution in [3.05, 3.63) is 41.3 Å². The molecule has 0 N–H and O–H groups in total. The van der Waals surface area contributed by atoms with Crippen LogP contribution in [-0.4, -0.2) is 50.6 Å². The molecule has 0 aliphatic carbocycles. The highest BCUT2D eigenvalue weighted by atomic mass is 32.2. The summed E-state index contributed by atoms with van der Waals surface area (Å²) in [5.74, 6) is 2.84. The summed E-state index contributed by atoms with van der Waals surface area (Å²) in [6.45, 7) is 1.71. The molecule has 1 aliphatic heterocycles. The molecule has 0 saturated carbocycles. The fourth-order valence-corrected chi connectivity index (χ4v) is 6.26. The summed E-state index contributed by atoms with van der Waals surface area (Å²) in [6.07, 6.45) is 2.74. The van der Waals surface area contributed by atoms with Gasteiger partial charge in [0.1, 0.15) is 11.6 Å². The first-order valence-corrected chi connectivity index (χ1v) is 12.9. The van der Waals surface area contributed by atoms with Crippen molar-refractivity contribution < 1.29 is 17.3 Å². The smallest absolute Gasteiger partial charge is 0.226 e. The zero-order chi connectivity index (χ0) is 22.0. The monoisotopic (exact) mass is 465 g/mol. The highest BCUT2D eigenvalue weighted by Gasteiger charge is 2.29. The van der Waals surface area contributed by atoms with Gasteiger partial charge in [-0.1, -0.05) is 29.1 Å². The molecule has 0 radical (unpaired) electrons. The Morgan fingerprint density at radius 3 is 2.90 bits per heavy atom. The average Bonchev–Trinajstić information content (AvgIpc) is 3.42. The molecule has 1 aliphatic rings. The summed E-state index contributed by atoms with van der Waals surface area (Å²) in [5, 5.41) is 13.2. The fraction of sp³-hybridized carbons (Fsp3) is 0.500. The van der Waals surface area contributed by atoms with E-state index in [1.165, 1.54) is 6.07 Å². The zero-order valence-corrected chi connectivity index (χ0v) is 19.0. The number of hydrogen-bond donors (Lipinski definition) is 0. The number of halogens is 1. The van der Waals surface area contributed by atoms with Gasteiger partial charge in [0, 0.05) is 31.2 Å². The van der Waals surface area contributed by atoms with Crippen LogP contribution < -0.4 is 0 Å². The van der Waals surface area contributed by atoms with E-state index in [9.17, 15) is 12.8 Å². The molecule has 1 aromatic carbocycles. The molecule has 1 fully saturated rings. The first-order valence-electron chi connectivity index (χ1n) is 10.1. The van der Waals surface area contributed by atoms with Gasteiger partial charge in [0.05, 0.1) is 11.5 Å². The maximum atomic E-state index is 13.7. The molecule has 0 bridgehead atoms. The molecular formula is C20H24FN5O3S2. The minimum absolute atomic E-state index is 0.125. The van der Waals surface area contributed by atoms with Gasteiger partial charge in [-0.05, 0) is 37.3 Å². The second-order valence-corrected chi connectivity index (χ2v) is 11.1. The molecule has 1 unspecified atom stereocenters. The van der Waals surface area contributed by atoms with E-state index in [0.29, 0.717) is 42.1 Å². The van der Waals surface area contributed by atoms with Gasteiger partial charge in [0.2, 0.25) is 11.7 Å². The van der Waals surface area contributed by atoms with Gasteiger partial charge < -0.3 is 9.09 Å². The van der Waals surface area contributed by atoms with Crippen LogP contribution in [0.3, 0.4) is 0 Å². The van der Waals surface area contributed by atoms with E-state index in [0.717, 1.165) is 23.2 Å². The summed E-state index contributed by atoms with van der Waals surface area (Å²) < 4.78 is 44.2. The van der Waals surface area contributed by atoms with E-state index in [2.05, 4.69) is 20.3 Å². The van der Waals surface area contributed by atoms with E-state index in [-0.39, 0.29) is 23.2 Å². The third-order valence-electron chi connectivity index (χ3n) is 5.39. The third-order valence-corrected chi connectivity index (χ3v) is 8.33. The lowest BCUT2D eigenvalue weighted by Crippen LogP contribution is -2.11. The van der Waals surface area contributed by atoms with Gasteiger partial charge in [-0.25, -0.2) is 12.8 Å². The van der Waals surface area contributed by atoms with E-state index < -0.39 is 9.84 Å². The first-order chi connectivity index (χ1) is 14.8. The zero-order valence-electron chi connectivity index (χ0n) is 17.4. The normalized spacial score (nSPS) is 18.0. The minimum Gasteiger partial charge on any atom is -0.339 e. The van der Waals surface area contributed by atoms with Crippen molar-refractivity contribution in [1.29, 1.82) is 0 Å². The lowest BCUT2D eigenvalue weighted by Gasteiger charge is -2.07. The second kappa shape index (κ2) is 9.07. The topological polar surface area (TPSA) is 104 Å². The van der Waals surface area contributed by atoms with Crippen molar-refractivity contribution in [3.63, 3.8) is 0 Å². The largest absolute Gasteiger partial charge is 0.339 e. The molecule has 3 heterocycles. The van der Waals surface area contributed by atoms with Crippen molar-refractivity contribution in [2.75, 3.05) is 17.3 Å². The van der Waals surface area contributed by atoms with Crippen LogP contribution in [0.15, 0.2) is 27.9 Å². The van der Waals surface area contributed by atoms with Crippen LogP contribution in [0.1, 0.15) is 30.1 Å². The number of aryl methyl sites for hydroxylation is 2. The van der Waals surface area contributed by atoms with Crippen molar-refractivity contribution in [1.82, 2.24) is 24.9 Å². The van der Waals surface area contributed by atoms with Gasteiger partial charge in [0.25, 0.3) is 0 Å². The lowest BCUT2D eigenvalue weighted by molar-refractivity contribution is 0.378. The Labute approximate surface area is 184 Å². The Morgan fingerprint density at radius 1 is 1.32 bits per heavy atom. The fourth-order valence-electron chi connectivity index (χ4n) is 3.53. The standard InChI is InChI=1S/C20H24FN5O3S2/c1-13-5-6-15(11-16(13)21)19-22-18(29-25-19)4-3-8-30-20-24-23-17(26(20)2)10-14-7-9-31(27,28)12-14/h5-6,11,14H,3-4,7-10,12H2,1-2H3. The number of hydrogen-bond acceptors (Lipinski definition) is 8. The SMILES string of the molecule is Cc1ccc(-c2noc(CCCSc3nnc(CC4CCS(=O)(=O)C4)n3C)n2)cc1F. The van der Waals surface area contributed by atoms with Crippen LogP contribution in [0.25, 0.3) is 11.4 Å².